The molecule has 78 valence electrons. The van der Waals surface area contributed by atoms with Gasteiger partial charge in [-0.05, 0) is 24.3 Å². The lowest BCUT2D eigenvalue weighted by Gasteiger charge is -1.97. The first-order chi connectivity index (χ1) is 7.24. The first kappa shape index (κ1) is 10.2. The van der Waals surface area contributed by atoms with E-state index in [9.17, 15) is 4.79 Å². The summed E-state index contributed by atoms with van der Waals surface area (Å²) in [5.74, 6) is 0.838. The second-order valence-corrected chi connectivity index (χ2v) is 3.75. The van der Waals surface area contributed by atoms with Crippen LogP contribution in [0.2, 0.25) is 0 Å². The van der Waals surface area contributed by atoms with Crippen molar-refractivity contribution in [3.05, 3.63) is 30.0 Å². The summed E-state index contributed by atoms with van der Waals surface area (Å²) < 4.78 is 5.11. The molecule has 2 aromatic rings. The highest BCUT2D eigenvalue weighted by molar-refractivity contribution is 9.09. The number of halogens is 1. The minimum atomic E-state index is 0.0465. The van der Waals surface area contributed by atoms with Crippen molar-refractivity contribution in [2.24, 2.45) is 0 Å². The number of Topliss-reactive ketones (excluding diaryl/α,β-unsaturated/α-hetero) is 1. The van der Waals surface area contributed by atoms with Gasteiger partial charge in [0.25, 0.3) is 0 Å². The van der Waals surface area contributed by atoms with Gasteiger partial charge in [0.1, 0.15) is 5.75 Å². The Morgan fingerprint density at radius 3 is 2.93 bits per heavy atom. The van der Waals surface area contributed by atoms with Crippen LogP contribution in [-0.2, 0) is 0 Å². The fourth-order valence-electron chi connectivity index (χ4n) is 1.46. The quantitative estimate of drug-likeness (QED) is 0.687. The van der Waals surface area contributed by atoms with Gasteiger partial charge in [0.15, 0.2) is 5.78 Å². The van der Waals surface area contributed by atoms with Crippen LogP contribution in [-0.4, -0.2) is 23.2 Å². The molecule has 0 unspecified atom stereocenters. The number of methoxy groups -OCH3 is 1. The number of carbonyl (C=O) groups is 1. The highest BCUT2D eigenvalue weighted by Gasteiger charge is 2.08. The first-order valence-corrected chi connectivity index (χ1v) is 5.62. The number of ketones is 1. The van der Waals surface area contributed by atoms with Gasteiger partial charge in [-0.1, -0.05) is 15.9 Å². The molecule has 4 heteroatoms. The first-order valence-electron chi connectivity index (χ1n) is 4.50. The van der Waals surface area contributed by atoms with Crippen molar-refractivity contribution >= 4 is 32.6 Å². The molecule has 0 saturated heterocycles. The second kappa shape index (κ2) is 4.06. The molecule has 0 atom stereocenters. The molecule has 0 bridgehead atoms. The Hall–Kier alpha value is -1.29. The van der Waals surface area contributed by atoms with Crippen molar-refractivity contribution in [3.8, 4) is 5.75 Å². The molecule has 1 aromatic heterocycles. The van der Waals surface area contributed by atoms with E-state index in [2.05, 4.69) is 20.9 Å². The number of aromatic nitrogens is 1. The zero-order chi connectivity index (χ0) is 10.8. The van der Waals surface area contributed by atoms with Gasteiger partial charge in [-0.25, -0.2) is 0 Å². The van der Waals surface area contributed by atoms with Crippen LogP contribution in [0.4, 0.5) is 0 Å². The predicted octanol–water partition coefficient (Wildman–Crippen LogP) is 2.75. The second-order valence-electron chi connectivity index (χ2n) is 3.19. The van der Waals surface area contributed by atoms with Crippen LogP contribution in [0.15, 0.2) is 24.3 Å². The Kier molecular flexibility index (Phi) is 2.77. The summed E-state index contributed by atoms with van der Waals surface area (Å²) in [6.07, 6.45) is 0. The number of fused-ring (bicyclic) bond motifs is 1. The molecule has 2 rings (SSSR count). The van der Waals surface area contributed by atoms with Crippen LogP contribution >= 0.6 is 15.9 Å². The number of carbonyl (C=O) groups excluding carboxylic acids is 1. The van der Waals surface area contributed by atoms with E-state index < -0.39 is 0 Å². The minimum absolute atomic E-state index is 0.0465. The molecule has 0 spiro atoms. The largest absolute Gasteiger partial charge is 0.497 e. The van der Waals surface area contributed by atoms with Crippen LogP contribution in [0.5, 0.6) is 5.75 Å². The lowest BCUT2D eigenvalue weighted by molar-refractivity contribution is 0.102. The summed E-state index contributed by atoms with van der Waals surface area (Å²) >= 11 is 3.14. The molecule has 1 heterocycles. The lowest BCUT2D eigenvalue weighted by atomic mass is 10.2. The molecular weight excluding hydrogens is 258 g/mol. The lowest BCUT2D eigenvalue weighted by Crippen LogP contribution is -1.99. The van der Waals surface area contributed by atoms with Crippen molar-refractivity contribution < 1.29 is 9.53 Å². The average Bonchev–Trinajstić information content (AvgIpc) is 2.70. The number of rotatable bonds is 3. The highest BCUT2D eigenvalue weighted by atomic mass is 79.9. The van der Waals surface area contributed by atoms with Gasteiger partial charge in [0.2, 0.25) is 0 Å². The Bertz CT molecular complexity index is 504. The maximum atomic E-state index is 11.4. The maximum Gasteiger partial charge on any atom is 0.189 e. The third-order valence-electron chi connectivity index (χ3n) is 2.25. The Balaban J connectivity index is 2.51. The van der Waals surface area contributed by atoms with Crippen molar-refractivity contribution in [2.45, 2.75) is 0 Å². The van der Waals surface area contributed by atoms with Crippen LogP contribution < -0.4 is 4.74 Å². The fraction of sp³-hybridized carbons (Fsp3) is 0.182. The maximum absolute atomic E-state index is 11.4. The molecule has 3 nitrogen and oxygen atoms in total. The zero-order valence-electron chi connectivity index (χ0n) is 8.21. The number of hydrogen-bond acceptors (Lipinski definition) is 2. The third-order valence-corrected chi connectivity index (χ3v) is 2.76. The summed E-state index contributed by atoms with van der Waals surface area (Å²) in [5.41, 5.74) is 1.57. The topological polar surface area (TPSA) is 42.1 Å². The minimum Gasteiger partial charge on any atom is -0.497 e. The van der Waals surface area contributed by atoms with E-state index in [0.29, 0.717) is 11.0 Å². The van der Waals surface area contributed by atoms with Gasteiger partial charge in [-0.3, -0.25) is 4.79 Å². The van der Waals surface area contributed by atoms with E-state index >= 15 is 0 Å². The summed E-state index contributed by atoms with van der Waals surface area (Å²) in [7, 11) is 1.62. The summed E-state index contributed by atoms with van der Waals surface area (Å²) in [4.78, 5) is 14.5. The number of hydrogen-bond donors (Lipinski definition) is 1. The van der Waals surface area contributed by atoms with Gasteiger partial charge >= 0.3 is 0 Å². The summed E-state index contributed by atoms with van der Waals surface area (Å²) in [6, 6.07) is 7.50. The Morgan fingerprint density at radius 2 is 2.27 bits per heavy atom. The van der Waals surface area contributed by atoms with Crippen LogP contribution in [0.25, 0.3) is 10.9 Å². The number of nitrogens with one attached hydrogen (secondary N) is 1. The number of H-pyrrole nitrogens is 1. The Morgan fingerprint density at radius 1 is 1.47 bits per heavy atom. The number of ether oxygens (including phenoxy) is 1. The van der Waals surface area contributed by atoms with Crippen molar-refractivity contribution in [1.82, 2.24) is 4.98 Å². The molecule has 15 heavy (non-hydrogen) atoms. The normalized spacial score (nSPS) is 10.5. The highest BCUT2D eigenvalue weighted by Crippen LogP contribution is 2.21. The van der Waals surface area contributed by atoms with E-state index in [0.717, 1.165) is 16.7 Å². The van der Waals surface area contributed by atoms with Gasteiger partial charge in [-0.2, -0.15) is 0 Å². The smallest absolute Gasteiger partial charge is 0.189 e. The molecule has 0 aliphatic carbocycles. The van der Waals surface area contributed by atoms with E-state index in [1.165, 1.54) is 0 Å². The molecule has 1 aromatic carbocycles. The van der Waals surface area contributed by atoms with Gasteiger partial charge < -0.3 is 9.72 Å². The van der Waals surface area contributed by atoms with Crippen molar-refractivity contribution in [2.75, 3.05) is 12.4 Å². The molecule has 0 aliphatic rings. The van der Waals surface area contributed by atoms with Crippen molar-refractivity contribution in [1.29, 1.82) is 0 Å². The van der Waals surface area contributed by atoms with Crippen LogP contribution in [0.3, 0.4) is 0 Å². The number of alkyl halides is 1. The van der Waals surface area contributed by atoms with Gasteiger partial charge in [0, 0.05) is 10.9 Å². The van der Waals surface area contributed by atoms with Gasteiger partial charge in [0.05, 0.1) is 18.1 Å². The summed E-state index contributed by atoms with van der Waals surface area (Å²) in [5, 5.41) is 1.32. The number of benzene rings is 1. The van der Waals surface area contributed by atoms with Crippen molar-refractivity contribution in [3.63, 3.8) is 0 Å². The number of aromatic amines is 1. The average molecular weight is 268 g/mol. The molecular formula is C11H10BrNO2. The van der Waals surface area contributed by atoms with Gasteiger partial charge in [-0.15, -0.1) is 0 Å². The van der Waals surface area contributed by atoms with E-state index in [1.54, 1.807) is 7.11 Å². The SMILES string of the molecule is COc1ccc2[nH]c(C(=O)CBr)cc2c1. The monoisotopic (exact) mass is 267 g/mol. The molecule has 0 aliphatic heterocycles. The zero-order valence-corrected chi connectivity index (χ0v) is 9.80. The Labute approximate surface area is 95.6 Å². The third kappa shape index (κ3) is 1.90. The molecule has 1 N–H and O–H groups in total. The molecule has 0 radical (unpaired) electrons. The molecule has 0 saturated carbocycles. The van der Waals surface area contributed by atoms with E-state index in [1.807, 2.05) is 24.3 Å². The van der Waals surface area contributed by atoms with Crippen LogP contribution in [0.1, 0.15) is 10.5 Å². The van der Waals surface area contributed by atoms with E-state index in [-0.39, 0.29) is 5.78 Å². The standard InChI is InChI=1S/C11H10BrNO2/c1-15-8-2-3-9-7(4-8)5-10(13-9)11(14)6-12/h2-5,13H,6H2,1H3. The molecule has 0 amide bonds. The van der Waals surface area contributed by atoms with Crippen LogP contribution in [0, 0.1) is 0 Å². The summed E-state index contributed by atoms with van der Waals surface area (Å²) in [6.45, 7) is 0. The van der Waals surface area contributed by atoms with E-state index in [4.69, 9.17) is 4.74 Å². The molecule has 0 fully saturated rings. The predicted molar refractivity (Wildman–Crippen MR) is 63.0 cm³/mol. The fourth-order valence-corrected chi connectivity index (χ4v) is 1.76.